The number of carbonyl (C=O) groups is 1. The first-order valence-electron chi connectivity index (χ1n) is 4.65. The van der Waals surface area contributed by atoms with Gasteiger partial charge in [-0.2, -0.15) is 16.3 Å². The second-order valence-electron chi connectivity index (χ2n) is 3.14. The summed E-state index contributed by atoms with van der Waals surface area (Å²) in [6, 6.07) is 1.96. The number of amides is 1. The molecule has 0 aliphatic heterocycles. The molecule has 0 spiro atoms. The normalized spacial score (nSPS) is 12.4. The third-order valence-electron chi connectivity index (χ3n) is 1.93. The molecule has 0 atom stereocenters. The van der Waals surface area contributed by atoms with Crippen LogP contribution in [0.2, 0.25) is 0 Å². The van der Waals surface area contributed by atoms with Crippen LogP contribution in [0.1, 0.15) is 5.56 Å². The molecule has 3 nitrogen and oxygen atoms in total. The van der Waals surface area contributed by atoms with Crippen LogP contribution in [0.15, 0.2) is 39.5 Å². The van der Waals surface area contributed by atoms with Gasteiger partial charge in [-0.05, 0) is 28.5 Å². The van der Waals surface area contributed by atoms with Crippen LogP contribution >= 0.6 is 22.7 Å². The van der Waals surface area contributed by atoms with Crippen LogP contribution in [-0.2, 0) is 11.8 Å². The minimum Gasteiger partial charge on any atom is -0.327 e. The van der Waals surface area contributed by atoms with Crippen molar-refractivity contribution in [3.05, 3.63) is 44.8 Å². The van der Waals surface area contributed by atoms with Gasteiger partial charge in [0.2, 0.25) is 0 Å². The van der Waals surface area contributed by atoms with Crippen molar-refractivity contribution in [1.82, 2.24) is 4.57 Å². The predicted octanol–water partition coefficient (Wildman–Crippen LogP) is 2.29. The Balaban J connectivity index is 2.14. The van der Waals surface area contributed by atoms with Gasteiger partial charge in [0.05, 0.1) is 0 Å². The maximum atomic E-state index is 11.5. The van der Waals surface area contributed by atoms with Crippen molar-refractivity contribution in [2.45, 2.75) is 0 Å². The summed E-state index contributed by atoms with van der Waals surface area (Å²) in [7, 11) is 1.87. The van der Waals surface area contributed by atoms with E-state index < -0.39 is 0 Å². The maximum absolute atomic E-state index is 11.5. The van der Waals surface area contributed by atoms with E-state index in [9.17, 15) is 4.79 Å². The van der Waals surface area contributed by atoms with Crippen LogP contribution in [0.5, 0.6) is 0 Å². The number of nitrogens with zero attached hydrogens (tertiary/aromatic N) is 2. The number of thiazole rings is 1. The summed E-state index contributed by atoms with van der Waals surface area (Å²) < 4.78 is 1.82. The van der Waals surface area contributed by atoms with Gasteiger partial charge >= 0.3 is 0 Å². The summed E-state index contributed by atoms with van der Waals surface area (Å²) in [5.74, 6) is -0.232. The maximum Gasteiger partial charge on any atom is 0.272 e. The summed E-state index contributed by atoms with van der Waals surface area (Å²) in [6.45, 7) is 0. The molecular formula is C11H10N2OS2. The van der Waals surface area contributed by atoms with Gasteiger partial charge in [0, 0.05) is 24.7 Å². The average Bonchev–Trinajstić information content (AvgIpc) is 2.88. The van der Waals surface area contributed by atoms with Gasteiger partial charge in [-0.25, -0.2) is 0 Å². The van der Waals surface area contributed by atoms with Crippen molar-refractivity contribution in [3.8, 4) is 0 Å². The molecule has 2 heterocycles. The van der Waals surface area contributed by atoms with Gasteiger partial charge in [0.25, 0.3) is 5.91 Å². The Kier molecular flexibility index (Phi) is 3.48. The van der Waals surface area contributed by atoms with Gasteiger partial charge in [-0.15, -0.1) is 11.3 Å². The summed E-state index contributed by atoms with van der Waals surface area (Å²) in [6.07, 6.45) is 5.14. The quantitative estimate of drug-likeness (QED) is 0.753. The zero-order valence-electron chi connectivity index (χ0n) is 8.66. The lowest BCUT2D eigenvalue weighted by Crippen LogP contribution is -2.11. The minimum atomic E-state index is -0.232. The molecule has 82 valence electrons. The average molecular weight is 250 g/mol. The highest BCUT2D eigenvalue weighted by Crippen LogP contribution is 2.07. The smallest absolute Gasteiger partial charge is 0.272 e. The standard InChI is InChI=1S/C11H10N2OS2/c1-13-5-7-16-11(13)12-10(14)3-2-9-4-6-15-8-9/h2-8H,1H3/b3-2+,12-11?. The van der Waals surface area contributed by atoms with Crippen LogP contribution in [-0.4, -0.2) is 10.5 Å². The van der Waals surface area contributed by atoms with E-state index >= 15 is 0 Å². The molecule has 0 saturated heterocycles. The fourth-order valence-corrected chi connectivity index (χ4v) is 2.47. The number of rotatable bonds is 2. The number of hydrogen-bond acceptors (Lipinski definition) is 3. The topological polar surface area (TPSA) is 34.4 Å². The second kappa shape index (κ2) is 5.05. The first-order chi connectivity index (χ1) is 7.75. The van der Waals surface area contributed by atoms with E-state index in [0.29, 0.717) is 4.80 Å². The third kappa shape index (κ3) is 2.77. The highest BCUT2D eigenvalue weighted by Gasteiger charge is 1.94. The Morgan fingerprint density at radius 3 is 3.00 bits per heavy atom. The van der Waals surface area contributed by atoms with E-state index in [1.807, 2.05) is 40.0 Å². The highest BCUT2D eigenvalue weighted by molar-refractivity contribution is 7.08. The SMILES string of the molecule is Cn1ccsc1=NC(=O)/C=C/c1ccsc1. The van der Waals surface area contributed by atoms with E-state index in [1.165, 1.54) is 17.4 Å². The minimum absolute atomic E-state index is 0.232. The van der Waals surface area contributed by atoms with E-state index in [1.54, 1.807) is 17.4 Å². The summed E-state index contributed by atoms with van der Waals surface area (Å²) in [4.78, 5) is 16.2. The monoisotopic (exact) mass is 250 g/mol. The first-order valence-corrected chi connectivity index (χ1v) is 6.47. The Morgan fingerprint density at radius 1 is 1.50 bits per heavy atom. The van der Waals surface area contributed by atoms with Crippen molar-refractivity contribution < 1.29 is 4.79 Å². The summed E-state index contributed by atoms with van der Waals surface area (Å²) >= 11 is 3.05. The molecular weight excluding hydrogens is 240 g/mol. The van der Waals surface area contributed by atoms with Crippen LogP contribution in [0.4, 0.5) is 0 Å². The van der Waals surface area contributed by atoms with Gasteiger partial charge in [0.15, 0.2) is 4.80 Å². The molecule has 2 aromatic heterocycles. The number of thiophene rings is 1. The first kappa shape index (κ1) is 11.0. The molecule has 0 bridgehead atoms. The molecule has 5 heteroatoms. The fraction of sp³-hybridized carbons (Fsp3) is 0.0909. The lowest BCUT2D eigenvalue weighted by atomic mass is 10.3. The van der Waals surface area contributed by atoms with Gasteiger partial charge < -0.3 is 4.57 Å². The van der Waals surface area contributed by atoms with Crippen LogP contribution < -0.4 is 4.80 Å². The molecule has 0 unspecified atom stereocenters. The molecule has 0 aromatic carbocycles. The molecule has 2 aromatic rings. The molecule has 0 saturated carbocycles. The molecule has 16 heavy (non-hydrogen) atoms. The number of carbonyl (C=O) groups excluding carboxylic acids is 1. The van der Waals surface area contributed by atoms with E-state index in [2.05, 4.69) is 4.99 Å². The van der Waals surface area contributed by atoms with Crippen LogP contribution in [0.3, 0.4) is 0 Å². The molecule has 0 aliphatic rings. The van der Waals surface area contributed by atoms with Crippen molar-refractivity contribution in [2.24, 2.45) is 12.0 Å². The summed E-state index contributed by atoms with van der Waals surface area (Å²) in [5, 5.41) is 5.85. The van der Waals surface area contributed by atoms with E-state index in [-0.39, 0.29) is 5.91 Å². The van der Waals surface area contributed by atoms with Crippen molar-refractivity contribution in [2.75, 3.05) is 0 Å². The third-order valence-corrected chi connectivity index (χ3v) is 3.48. The van der Waals surface area contributed by atoms with E-state index in [0.717, 1.165) is 5.56 Å². The fourth-order valence-electron chi connectivity index (χ4n) is 1.10. The number of aromatic nitrogens is 1. The van der Waals surface area contributed by atoms with Crippen molar-refractivity contribution in [3.63, 3.8) is 0 Å². The van der Waals surface area contributed by atoms with Gasteiger partial charge in [0.1, 0.15) is 0 Å². The van der Waals surface area contributed by atoms with Crippen LogP contribution in [0, 0.1) is 0 Å². The predicted molar refractivity (Wildman–Crippen MR) is 67.2 cm³/mol. The lowest BCUT2D eigenvalue weighted by molar-refractivity contribution is -0.113. The van der Waals surface area contributed by atoms with Gasteiger partial charge in [-0.3, -0.25) is 4.79 Å². The Bertz CT molecular complexity index is 561. The Hall–Kier alpha value is -1.46. The Labute approximate surface area is 101 Å². The number of aryl methyl sites for hydroxylation is 1. The lowest BCUT2D eigenvalue weighted by Gasteiger charge is -1.87. The van der Waals surface area contributed by atoms with Gasteiger partial charge in [-0.1, -0.05) is 0 Å². The van der Waals surface area contributed by atoms with E-state index in [4.69, 9.17) is 0 Å². The summed E-state index contributed by atoms with van der Waals surface area (Å²) in [5.41, 5.74) is 1.03. The Morgan fingerprint density at radius 2 is 2.38 bits per heavy atom. The van der Waals surface area contributed by atoms with Crippen molar-refractivity contribution >= 4 is 34.7 Å². The largest absolute Gasteiger partial charge is 0.327 e. The highest BCUT2D eigenvalue weighted by atomic mass is 32.1. The molecule has 2 rings (SSSR count). The molecule has 0 N–H and O–H groups in total. The number of hydrogen-bond donors (Lipinski definition) is 0. The molecule has 0 fully saturated rings. The van der Waals surface area contributed by atoms with Crippen molar-refractivity contribution in [1.29, 1.82) is 0 Å². The molecule has 1 amide bonds. The van der Waals surface area contributed by atoms with Crippen LogP contribution in [0.25, 0.3) is 6.08 Å². The molecule has 0 aliphatic carbocycles. The zero-order chi connectivity index (χ0) is 11.4. The zero-order valence-corrected chi connectivity index (χ0v) is 10.3. The second-order valence-corrected chi connectivity index (χ2v) is 4.79. The molecule has 0 radical (unpaired) electrons.